The van der Waals surface area contributed by atoms with Crippen molar-refractivity contribution in [3.63, 3.8) is 0 Å². The van der Waals surface area contributed by atoms with Crippen molar-refractivity contribution < 1.29 is 4.74 Å². The quantitative estimate of drug-likeness (QED) is 0.849. The molecule has 1 aliphatic heterocycles. The van der Waals surface area contributed by atoms with Gasteiger partial charge in [0, 0.05) is 12.6 Å². The van der Waals surface area contributed by atoms with Crippen molar-refractivity contribution in [3.8, 4) is 0 Å². The first-order chi connectivity index (χ1) is 7.75. The lowest BCUT2D eigenvalue weighted by Crippen LogP contribution is -2.15. The molecule has 0 bridgehead atoms. The van der Waals surface area contributed by atoms with Crippen molar-refractivity contribution in [2.75, 3.05) is 11.9 Å². The summed E-state index contributed by atoms with van der Waals surface area (Å²) < 4.78 is 5.73. The number of pyridine rings is 1. The molecule has 2 heterocycles. The van der Waals surface area contributed by atoms with E-state index in [-0.39, 0.29) is 6.10 Å². The zero-order chi connectivity index (χ0) is 11.4. The molecule has 1 aromatic rings. The number of nitrogens with zero attached hydrogens (tertiary/aromatic N) is 1. The molecule has 0 saturated carbocycles. The number of nitrogens with one attached hydrogen (secondary N) is 1. The summed E-state index contributed by atoms with van der Waals surface area (Å²) >= 11 is 0. The molecule has 0 aliphatic carbocycles. The zero-order valence-corrected chi connectivity index (χ0v) is 10.1. The summed E-state index contributed by atoms with van der Waals surface area (Å²) in [6, 6.07) is 6.52. The highest BCUT2D eigenvalue weighted by atomic mass is 16.5. The van der Waals surface area contributed by atoms with Gasteiger partial charge in [0.15, 0.2) is 0 Å². The van der Waals surface area contributed by atoms with Crippen molar-refractivity contribution in [1.82, 2.24) is 4.98 Å². The lowest BCUT2D eigenvalue weighted by molar-refractivity contribution is 0.0124. The normalized spacial score (nSPS) is 21.1. The van der Waals surface area contributed by atoms with Gasteiger partial charge in [0.2, 0.25) is 0 Å². The first-order valence-corrected chi connectivity index (χ1v) is 6.11. The molecule has 1 aliphatic rings. The molecule has 0 spiro atoms. The van der Waals surface area contributed by atoms with Crippen molar-refractivity contribution >= 4 is 5.82 Å². The van der Waals surface area contributed by atoms with E-state index in [0.717, 1.165) is 24.5 Å². The number of hydrogen-bond acceptors (Lipinski definition) is 3. The molecule has 0 radical (unpaired) electrons. The van der Waals surface area contributed by atoms with Gasteiger partial charge in [0.1, 0.15) is 5.82 Å². The average molecular weight is 220 g/mol. The molecular formula is C13H20N2O. The van der Waals surface area contributed by atoms with Gasteiger partial charge in [-0.15, -0.1) is 0 Å². The zero-order valence-electron chi connectivity index (χ0n) is 10.1. The predicted octanol–water partition coefficient (Wildman–Crippen LogP) is 3.14. The summed E-state index contributed by atoms with van der Waals surface area (Å²) in [6.07, 6.45) is 3.72. The average Bonchev–Trinajstić information content (AvgIpc) is 2.30. The maximum absolute atomic E-state index is 5.73. The Kier molecular flexibility index (Phi) is 3.78. The molecule has 0 amide bonds. The minimum atomic E-state index is 0.197. The summed E-state index contributed by atoms with van der Waals surface area (Å²) in [4.78, 5) is 4.60. The molecule has 1 atom stereocenters. The highest BCUT2D eigenvalue weighted by molar-refractivity contribution is 5.36. The van der Waals surface area contributed by atoms with Gasteiger partial charge in [0.25, 0.3) is 0 Å². The van der Waals surface area contributed by atoms with Crippen LogP contribution < -0.4 is 5.32 Å². The Hall–Kier alpha value is -1.09. The first-order valence-electron chi connectivity index (χ1n) is 6.11. The van der Waals surface area contributed by atoms with Gasteiger partial charge in [-0.25, -0.2) is 4.98 Å². The number of rotatable bonds is 3. The molecular weight excluding hydrogens is 200 g/mol. The van der Waals surface area contributed by atoms with Crippen LogP contribution in [0.3, 0.4) is 0 Å². The highest BCUT2D eigenvalue weighted by Crippen LogP contribution is 2.27. The summed E-state index contributed by atoms with van der Waals surface area (Å²) in [7, 11) is 0. The van der Waals surface area contributed by atoms with Crippen LogP contribution in [-0.4, -0.2) is 17.6 Å². The third-order valence-electron chi connectivity index (χ3n) is 2.72. The molecule has 1 fully saturated rings. The van der Waals surface area contributed by atoms with Crippen LogP contribution in [-0.2, 0) is 4.74 Å². The number of ether oxygens (including phenoxy) is 1. The molecule has 1 unspecified atom stereocenters. The fourth-order valence-corrected chi connectivity index (χ4v) is 1.98. The van der Waals surface area contributed by atoms with Gasteiger partial charge >= 0.3 is 0 Å². The van der Waals surface area contributed by atoms with Crippen molar-refractivity contribution in [2.45, 2.75) is 45.3 Å². The van der Waals surface area contributed by atoms with E-state index in [9.17, 15) is 0 Å². The number of hydrogen-bond donors (Lipinski definition) is 1. The Balaban J connectivity index is 2.08. The molecule has 0 aromatic carbocycles. The maximum atomic E-state index is 5.73. The largest absolute Gasteiger partial charge is 0.372 e. The van der Waals surface area contributed by atoms with E-state index in [2.05, 4.69) is 30.2 Å². The smallest absolute Gasteiger partial charge is 0.126 e. The number of anilines is 1. The lowest BCUT2D eigenvalue weighted by atomic mass is 10.1. The van der Waals surface area contributed by atoms with Gasteiger partial charge < -0.3 is 10.1 Å². The van der Waals surface area contributed by atoms with Gasteiger partial charge in [-0.1, -0.05) is 6.07 Å². The van der Waals surface area contributed by atoms with Crippen molar-refractivity contribution in [2.24, 2.45) is 0 Å². The SMILES string of the molecule is CC(C)Nc1cccc(C2CCCCO2)n1. The molecule has 2 rings (SSSR count). The fraction of sp³-hybridized carbons (Fsp3) is 0.615. The Morgan fingerprint density at radius 1 is 1.38 bits per heavy atom. The highest BCUT2D eigenvalue weighted by Gasteiger charge is 2.17. The molecule has 1 saturated heterocycles. The lowest BCUT2D eigenvalue weighted by Gasteiger charge is -2.22. The Morgan fingerprint density at radius 2 is 2.25 bits per heavy atom. The second-order valence-corrected chi connectivity index (χ2v) is 4.60. The van der Waals surface area contributed by atoms with Crippen LogP contribution in [0.25, 0.3) is 0 Å². The molecule has 3 heteroatoms. The molecule has 88 valence electrons. The van der Waals surface area contributed by atoms with Gasteiger partial charge in [-0.3, -0.25) is 0 Å². The van der Waals surface area contributed by atoms with Crippen LogP contribution in [0.2, 0.25) is 0 Å². The minimum Gasteiger partial charge on any atom is -0.372 e. The molecule has 16 heavy (non-hydrogen) atoms. The van der Waals surface area contributed by atoms with Crippen LogP contribution in [0.5, 0.6) is 0 Å². The van der Waals surface area contributed by atoms with E-state index >= 15 is 0 Å². The summed E-state index contributed by atoms with van der Waals surface area (Å²) in [6.45, 7) is 5.10. The molecule has 1 N–H and O–H groups in total. The van der Waals surface area contributed by atoms with Gasteiger partial charge in [-0.2, -0.15) is 0 Å². The maximum Gasteiger partial charge on any atom is 0.126 e. The molecule has 3 nitrogen and oxygen atoms in total. The van der Waals surface area contributed by atoms with Crippen molar-refractivity contribution in [3.05, 3.63) is 23.9 Å². The monoisotopic (exact) mass is 220 g/mol. The Bertz CT molecular complexity index is 332. The second-order valence-electron chi connectivity index (χ2n) is 4.60. The van der Waals surface area contributed by atoms with E-state index in [0.29, 0.717) is 6.04 Å². The van der Waals surface area contributed by atoms with E-state index in [4.69, 9.17) is 4.74 Å². The van der Waals surface area contributed by atoms with E-state index in [1.165, 1.54) is 12.8 Å². The van der Waals surface area contributed by atoms with Crippen LogP contribution in [0.1, 0.15) is 44.9 Å². The molecule has 1 aromatic heterocycles. The van der Waals surface area contributed by atoms with Gasteiger partial charge in [0.05, 0.1) is 11.8 Å². The third-order valence-corrected chi connectivity index (χ3v) is 2.72. The van der Waals surface area contributed by atoms with Crippen LogP contribution in [0, 0.1) is 0 Å². The van der Waals surface area contributed by atoms with Crippen LogP contribution in [0.15, 0.2) is 18.2 Å². The van der Waals surface area contributed by atoms with Crippen LogP contribution in [0.4, 0.5) is 5.82 Å². The van der Waals surface area contributed by atoms with Gasteiger partial charge in [-0.05, 0) is 45.2 Å². The summed E-state index contributed by atoms with van der Waals surface area (Å²) in [5.41, 5.74) is 1.06. The standard InChI is InChI=1S/C13H20N2O/c1-10(2)14-13-8-5-6-11(15-13)12-7-3-4-9-16-12/h5-6,8,10,12H,3-4,7,9H2,1-2H3,(H,14,15). The summed E-state index contributed by atoms with van der Waals surface area (Å²) in [5.74, 6) is 0.946. The second kappa shape index (κ2) is 5.30. The first kappa shape index (κ1) is 11.4. The number of aromatic nitrogens is 1. The third kappa shape index (κ3) is 2.95. The minimum absolute atomic E-state index is 0.197. The Morgan fingerprint density at radius 3 is 2.94 bits per heavy atom. The Labute approximate surface area is 97.2 Å². The van der Waals surface area contributed by atoms with E-state index in [1.54, 1.807) is 0 Å². The fourth-order valence-electron chi connectivity index (χ4n) is 1.98. The predicted molar refractivity (Wildman–Crippen MR) is 65.5 cm³/mol. The topological polar surface area (TPSA) is 34.1 Å². The van der Waals surface area contributed by atoms with Crippen LogP contribution >= 0.6 is 0 Å². The van der Waals surface area contributed by atoms with E-state index in [1.807, 2.05) is 12.1 Å². The van der Waals surface area contributed by atoms with E-state index < -0.39 is 0 Å². The summed E-state index contributed by atoms with van der Waals surface area (Å²) in [5, 5.41) is 3.32. The van der Waals surface area contributed by atoms with Crippen molar-refractivity contribution in [1.29, 1.82) is 0 Å².